The molecule has 1 N–H and O–H groups in total. The molecule has 0 bridgehead atoms. The zero-order valence-electron chi connectivity index (χ0n) is 19.3. The maximum atomic E-state index is 13.0. The van der Waals surface area contributed by atoms with Gasteiger partial charge >= 0.3 is 0 Å². The normalized spacial score (nSPS) is 18.1. The second-order valence-electron chi connectivity index (χ2n) is 8.58. The Morgan fingerprint density at radius 1 is 1.25 bits per heavy atom. The lowest BCUT2D eigenvalue weighted by atomic mass is 9.95. The van der Waals surface area contributed by atoms with Gasteiger partial charge in [0.1, 0.15) is 11.5 Å². The Bertz CT molecular complexity index is 1020. The average Bonchev–Trinajstić information content (AvgIpc) is 2.99. The van der Waals surface area contributed by atoms with Crippen molar-refractivity contribution in [2.45, 2.75) is 39.3 Å². The maximum Gasteiger partial charge on any atom is 0.295 e. The number of benzene rings is 1. The number of carbonyl (C=O) groups is 2. The number of pyridine rings is 1. The van der Waals surface area contributed by atoms with Crippen LogP contribution in [-0.4, -0.2) is 64.9 Å². The second-order valence-corrected chi connectivity index (χ2v) is 8.58. The first-order chi connectivity index (χ1) is 15.2. The smallest absolute Gasteiger partial charge is 0.295 e. The molecule has 170 valence electrons. The SMILES string of the molecule is Cc1cc(/C(O)=C2/C(=O)C(=O)N(CCCN(C)C)C2c2cccnc2)ccc1OC(C)C. The van der Waals surface area contributed by atoms with E-state index in [1.54, 1.807) is 36.7 Å². The highest BCUT2D eigenvalue weighted by Crippen LogP contribution is 2.39. The molecule has 1 aromatic heterocycles. The fraction of sp³-hybridized carbons (Fsp3) is 0.400. The molecule has 0 aliphatic carbocycles. The van der Waals surface area contributed by atoms with Crippen molar-refractivity contribution in [1.29, 1.82) is 0 Å². The summed E-state index contributed by atoms with van der Waals surface area (Å²) < 4.78 is 5.78. The highest BCUT2D eigenvalue weighted by molar-refractivity contribution is 6.46. The first kappa shape index (κ1) is 23.5. The molecule has 2 aromatic rings. The van der Waals surface area contributed by atoms with Crippen molar-refractivity contribution in [1.82, 2.24) is 14.8 Å². The third-order valence-electron chi connectivity index (χ3n) is 5.36. The lowest BCUT2D eigenvalue weighted by Crippen LogP contribution is -2.32. The van der Waals surface area contributed by atoms with E-state index in [4.69, 9.17) is 4.74 Å². The summed E-state index contributed by atoms with van der Waals surface area (Å²) in [6.07, 6.45) is 4.00. The highest BCUT2D eigenvalue weighted by Gasteiger charge is 2.45. The van der Waals surface area contributed by atoms with Crippen LogP contribution in [0.4, 0.5) is 0 Å². The van der Waals surface area contributed by atoms with Crippen molar-refractivity contribution in [3.63, 3.8) is 0 Å². The van der Waals surface area contributed by atoms with Crippen LogP contribution in [0.2, 0.25) is 0 Å². The minimum absolute atomic E-state index is 0.0196. The maximum absolute atomic E-state index is 13.0. The van der Waals surface area contributed by atoms with Gasteiger partial charge in [0.05, 0.1) is 17.7 Å². The molecule has 1 aliphatic heterocycles. The number of ether oxygens (including phenoxy) is 1. The van der Waals surface area contributed by atoms with E-state index in [9.17, 15) is 14.7 Å². The fourth-order valence-corrected chi connectivity index (χ4v) is 3.89. The molecule has 1 unspecified atom stereocenters. The summed E-state index contributed by atoms with van der Waals surface area (Å²) in [5.41, 5.74) is 2.08. The van der Waals surface area contributed by atoms with Gasteiger partial charge in [-0.1, -0.05) is 6.07 Å². The molecule has 0 saturated carbocycles. The molecule has 1 saturated heterocycles. The van der Waals surface area contributed by atoms with E-state index in [2.05, 4.69) is 4.98 Å². The van der Waals surface area contributed by atoms with Crippen LogP contribution in [0.1, 0.15) is 43.0 Å². The van der Waals surface area contributed by atoms with E-state index in [-0.39, 0.29) is 17.4 Å². The van der Waals surface area contributed by atoms with Gasteiger partial charge < -0.3 is 19.6 Å². The number of carbonyl (C=O) groups excluding carboxylic acids is 2. The van der Waals surface area contributed by atoms with Gasteiger partial charge in [-0.2, -0.15) is 0 Å². The summed E-state index contributed by atoms with van der Waals surface area (Å²) in [6.45, 7) is 6.95. The quantitative estimate of drug-likeness (QED) is 0.386. The number of nitrogens with zero attached hydrogens (tertiary/aromatic N) is 3. The molecule has 3 rings (SSSR count). The van der Waals surface area contributed by atoms with Crippen LogP contribution in [0, 0.1) is 6.92 Å². The van der Waals surface area contributed by atoms with Gasteiger partial charge in [-0.05, 0) is 83.2 Å². The molecule has 32 heavy (non-hydrogen) atoms. The molecule has 1 aliphatic rings. The molecular weight excluding hydrogens is 406 g/mol. The summed E-state index contributed by atoms with van der Waals surface area (Å²) in [7, 11) is 3.92. The van der Waals surface area contributed by atoms with Crippen molar-refractivity contribution in [2.75, 3.05) is 27.2 Å². The molecular formula is C25H31N3O4. The van der Waals surface area contributed by atoms with Gasteiger partial charge in [-0.15, -0.1) is 0 Å². The molecule has 0 radical (unpaired) electrons. The van der Waals surface area contributed by atoms with Crippen LogP contribution in [0.25, 0.3) is 5.76 Å². The van der Waals surface area contributed by atoms with Crippen molar-refractivity contribution in [3.8, 4) is 5.75 Å². The Morgan fingerprint density at radius 3 is 2.59 bits per heavy atom. The zero-order valence-corrected chi connectivity index (χ0v) is 19.3. The van der Waals surface area contributed by atoms with Crippen molar-refractivity contribution in [3.05, 3.63) is 65.0 Å². The van der Waals surface area contributed by atoms with Crippen LogP contribution in [-0.2, 0) is 9.59 Å². The first-order valence-electron chi connectivity index (χ1n) is 10.8. The van der Waals surface area contributed by atoms with Crippen molar-refractivity contribution in [2.24, 2.45) is 0 Å². The topological polar surface area (TPSA) is 83.0 Å². The van der Waals surface area contributed by atoms with E-state index in [1.807, 2.05) is 45.8 Å². The number of ketones is 1. The molecule has 0 spiro atoms. The van der Waals surface area contributed by atoms with Crippen LogP contribution in [0.3, 0.4) is 0 Å². The number of hydrogen-bond donors (Lipinski definition) is 1. The van der Waals surface area contributed by atoms with Gasteiger partial charge in [-0.3, -0.25) is 14.6 Å². The fourth-order valence-electron chi connectivity index (χ4n) is 3.89. The van der Waals surface area contributed by atoms with Gasteiger partial charge in [0.15, 0.2) is 0 Å². The zero-order chi connectivity index (χ0) is 23.4. The molecule has 7 nitrogen and oxygen atoms in total. The predicted molar refractivity (Wildman–Crippen MR) is 123 cm³/mol. The van der Waals surface area contributed by atoms with E-state index < -0.39 is 17.7 Å². The minimum atomic E-state index is -0.683. The summed E-state index contributed by atoms with van der Waals surface area (Å²) >= 11 is 0. The summed E-state index contributed by atoms with van der Waals surface area (Å²) in [6, 6.07) is 8.15. The Balaban J connectivity index is 2.05. The van der Waals surface area contributed by atoms with E-state index >= 15 is 0 Å². The standard InChI is InChI=1S/C25H31N3O4/c1-16(2)32-20-10-9-18(14-17(20)3)23(29)21-22(19-8-6-11-26-15-19)28(25(31)24(21)30)13-7-12-27(4)5/h6,8-11,14-16,22,29H,7,12-13H2,1-5H3/b23-21-. The number of Topliss-reactive ketones (excluding diaryl/α,β-unsaturated/α-hetero) is 1. The van der Waals surface area contributed by atoms with Crippen LogP contribution >= 0.6 is 0 Å². The van der Waals surface area contributed by atoms with Gasteiger partial charge in [0.25, 0.3) is 11.7 Å². The molecule has 1 aromatic carbocycles. The van der Waals surface area contributed by atoms with Crippen molar-refractivity contribution >= 4 is 17.4 Å². The summed E-state index contributed by atoms with van der Waals surface area (Å²) in [5, 5.41) is 11.2. The van der Waals surface area contributed by atoms with Crippen molar-refractivity contribution < 1.29 is 19.4 Å². The van der Waals surface area contributed by atoms with E-state index in [0.717, 1.165) is 12.1 Å². The number of amides is 1. The number of aryl methyl sites for hydroxylation is 1. The Kier molecular flexibility index (Phi) is 7.30. The minimum Gasteiger partial charge on any atom is -0.507 e. The van der Waals surface area contributed by atoms with Gasteiger partial charge in [0.2, 0.25) is 0 Å². The third kappa shape index (κ3) is 4.99. The summed E-state index contributed by atoms with van der Waals surface area (Å²) in [4.78, 5) is 33.7. The van der Waals surface area contributed by atoms with Crippen LogP contribution in [0.5, 0.6) is 5.75 Å². The number of rotatable bonds is 8. The van der Waals surface area contributed by atoms with Gasteiger partial charge in [0, 0.05) is 24.5 Å². The lowest BCUT2D eigenvalue weighted by Gasteiger charge is -2.25. The Labute approximate surface area is 189 Å². The Hall–Kier alpha value is -3.19. The number of hydrogen-bond acceptors (Lipinski definition) is 6. The van der Waals surface area contributed by atoms with Gasteiger partial charge in [-0.25, -0.2) is 0 Å². The largest absolute Gasteiger partial charge is 0.507 e. The predicted octanol–water partition coefficient (Wildman–Crippen LogP) is 3.55. The number of aromatic nitrogens is 1. The lowest BCUT2D eigenvalue weighted by molar-refractivity contribution is -0.139. The Morgan fingerprint density at radius 2 is 2.00 bits per heavy atom. The number of aliphatic hydroxyl groups is 1. The number of aliphatic hydroxyl groups excluding tert-OH is 1. The van der Waals surface area contributed by atoms with Crippen LogP contribution in [0.15, 0.2) is 48.3 Å². The second kappa shape index (κ2) is 9.96. The molecule has 1 amide bonds. The molecule has 7 heteroatoms. The summed E-state index contributed by atoms with van der Waals surface area (Å²) in [5.74, 6) is -0.756. The first-order valence-corrected chi connectivity index (χ1v) is 10.8. The molecule has 1 fully saturated rings. The average molecular weight is 438 g/mol. The van der Waals surface area contributed by atoms with E-state index in [0.29, 0.717) is 29.8 Å². The monoisotopic (exact) mass is 437 g/mol. The third-order valence-corrected chi connectivity index (χ3v) is 5.36. The molecule has 2 heterocycles. The van der Waals surface area contributed by atoms with Crippen LogP contribution < -0.4 is 4.74 Å². The highest BCUT2D eigenvalue weighted by atomic mass is 16.5. The van der Waals surface area contributed by atoms with E-state index in [1.165, 1.54) is 4.90 Å². The number of likely N-dealkylation sites (tertiary alicyclic amines) is 1. The molecule has 1 atom stereocenters.